The summed E-state index contributed by atoms with van der Waals surface area (Å²) >= 11 is 0. The number of aryl methyl sites for hydroxylation is 2. The van der Waals surface area contributed by atoms with E-state index in [1.807, 2.05) is 0 Å². The second kappa shape index (κ2) is 8.09. The fourth-order valence-electron chi connectivity index (χ4n) is 2.05. The molecule has 0 saturated carbocycles. The minimum atomic E-state index is -0.879. The smallest absolute Gasteiger partial charge is 1.00 e. The number of aromatic carboxylic acids is 1. The van der Waals surface area contributed by atoms with Crippen LogP contribution in [-0.4, -0.2) is 29.8 Å². The van der Waals surface area contributed by atoms with E-state index in [2.05, 4.69) is 4.98 Å². The van der Waals surface area contributed by atoms with Crippen LogP contribution in [0, 0.1) is 0 Å². The first-order chi connectivity index (χ1) is 10.8. The Bertz CT molecular complexity index is 979. The number of imidazole rings is 1. The second-order valence-electron chi connectivity index (χ2n) is 4.90. The predicted octanol–water partition coefficient (Wildman–Crippen LogP) is -2.53. The predicted molar refractivity (Wildman–Crippen MR) is 85.7 cm³/mol. The van der Waals surface area contributed by atoms with Gasteiger partial charge in [-0.2, -0.15) is 0 Å². The number of carbonyl (C=O) groups is 1. The zero-order valence-corrected chi connectivity index (χ0v) is 15.9. The van der Waals surface area contributed by atoms with Gasteiger partial charge in [-0.05, 0) is 12.1 Å². The van der Waals surface area contributed by atoms with Crippen molar-refractivity contribution in [3.8, 4) is 0 Å². The molecule has 0 bridgehead atoms. The van der Waals surface area contributed by atoms with E-state index in [0.717, 1.165) is 4.57 Å². The monoisotopic (exact) mass is 340 g/mol. The Morgan fingerprint density at radius 3 is 2.17 bits per heavy atom. The molecular weight excluding hydrogens is 323 g/mol. The van der Waals surface area contributed by atoms with Crippen molar-refractivity contribution in [2.75, 3.05) is 0 Å². The Kier molecular flexibility index (Phi) is 6.70. The number of carboxylic acids is 1. The molecule has 0 fully saturated rings. The fraction of sp³-hybridized carbons (Fsp3) is 0.200. The summed E-state index contributed by atoms with van der Waals surface area (Å²) in [5, 5.41) is 8.38. The van der Waals surface area contributed by atoms with Crippen molar-refractivity contribution in [1.82, 2.24) is 18.7 Å². The SMILES string of the molecule is Cn1c(=O)c2c(ncn2C)n(C)c1=O.O=C(O)c1ccccc1.[H-].[Na+]. The zero-order chi connectivity index (χ0) is 17.1. The van der Waals surface area contributed by atoms with Gasteiger partial charge in [0.2, 0.25) is 0 Å². The van der Waals surface area contributed by atoms with Gasteiger partial charge < -0.3 is 11.1 Å². The maximum atomic E-state index is 11.7. The summed E-state index contributed by atoms with van der Waals surface area (Å²) in [6.07, 6.45) is 1.52. The Labute approximate surface area is 160 Å². The molecule has 3 aromatic rings. The molecule has 8 nitrogen and oxygen atoms in total. The number of aromatic nitrogens is 4. The normalized spacial score (nSPS) is 9.79. The van der Waals surface area contributed by atoms with Crippen LogP contribution in [-0.2, 0) is 21.1 Å². The van der Waals surface area contributed by atoms with E-state index < -0.39 is 5.97 Å². The van der Waals surface area contributed by atoms with Crippen LogP contribution in [0.25, 0.3) is 11.2 Å². The van der Waals surface area contributed by atoms with Crippen LogP contribution in [0.3, 0.4) is 0 Å². The summed E-state index contributed by atoms with van der Waals surface area (Å²) in [5.41, 5.74) is 0.511. The van der Waals surface area contributed by atoms with Gasteiger partial charge in [0.15, 0.2) is 11.2 Å². The fourth-order valence-corrected chi connectivity index (χ4v) is 2.05. The Morgan fingerprint density at radius 1 is 1.08 bits per heavy atom. The molecule has 0 atom stereocenters. The molecule has 1 N–H and O–H groups in total. The first-order valence-electron chi connectivity index (χ1n) is 6.70. The summed E-state index contributed by atoms with van der Waals surface area (Å²) in [6.45, 7) is 0. The number of nitrogens with zero attached hydrogens (tertiary/aromatic N) is 4. The number of rotatable bonds is 1. The van der Waals surface area contributed by atoms with Gasteiger partial charge in [-0.1, -0.05) is 18.2 Å². The summed E-state index contributed by atoms with van der Waals surface area (Å²) in [5.74, 6) is -0.879. The summed E-state index contributed by atoms with van der Waals surface area (Å²) in [6, 6.07) is 8.30. The first kappa shape index (κ1) is 19.9. The van der Waals surface area contributed by atoms with Crippen LogP contribution in [0.4, 0.5) is 0 Å². The standard InChI is InChI=1S/C8H10N4O2.C7H6O2.Na.H/c1-10-4-9-6-5(10)7(13)12(3)8(14)11(6)2;8-7(9)6-4-2-1-3-5-6;;/h4H,1-3H3;1-5H,(H,8,9);;/q;;+1;-1. The van der Waals surface area contributed by atoms with Crippen LogP contribution < -0.4 is 40.8 Å². The second-order valence-corrected chi connectivity index (χ2v) is 4.90. The molecule has 0 radical (unpaired) electrons. The molecule has 0 saturated heterocycles. The van der Waals surface area contributed by atoms with Crippen LogP contribution in [0.2, 0.25) is 0 Å². The summed E-state index contributed by atoms with van der Waals surface area (Å²) in [4.78, 5) is 37.4. The minimum absolute atomic E-state index is 0. The third-order valence-electron chi connectivity index (χ3n) is 3.34. The third kappa shape index (κ3) is 3.84. The molecule has 0 unspecified atom stereocenters. The van der Waals surface area contributed by atoms with Crippen molar-refractivity contribution < 1.29 is 40.9 Å². The van der Waals surface area contributed by atoms with E-state index in [1.165, 1.54) is 17.9 Å². The molecule has 0 amide bonds. The van der Waals surface area contributed by atoms with E-state index in [-0.39, 0.29) is 42.2 Å². The number of hydrogen-bond donors (Lipinski definition) is 1. The van der Waals surface area contributed by atoms with Crippen LogP contribution in [0.15, 0.2) is 46.2 Å². The Balaban J connectivity index is 0.000000462. The maximum absolute atomic E-state index is 11.7. The Hall–Kier alpha value is -2.16. The van der Waals surface area contributed by atoms with Gasteiger partial charge in [-0.3, -0.25) is 13.9 Å². The minimum Gasteiger partial charge on any atom is -1.00 e. The third-order valence-corrected chi connectivity index (χ3v) is 3.34. The Morgan fingerprint density at radius 2 is 1.67 bits per heavy atom. The quantitative estimate of drug-likeness (QED) is 0.493. The molecule has 122 valence electrons. The van der Waals surface area contributed by atoms with E-state index >= 15 is 0 Å². The van der Waals surface area contributed by atoms with Crippen LogP contribution >= 0.6 is 0 Å². The molecule has 0 aliphatic carbocycles. The van der Waals surface area contributed by atoms with Crippen LogP contribution in [0.5, 0.6) is 0 Å². The first-order valence-corrected chi connectivity index (χ1v) is 6.70. The molecule has 0 aliphatic heterocycles. The number of hydrogen-bond acceptors (Lipinski definition) is 4. The molecule has 9 heteroatoms. The molecule has 3 rings (SSSR count). The molecule has 1 aromatic carbocycles. The molecule has 2 aromatic heterocycles. The maximum Gasteiger partial charge on any atom is 1.00 e. The van der Waals surface area contributed by atoms with Gasteiger partial charge in [-0.25, -0.2) is 14.6 Å². The molecule has 0 spiro atoms. The molecule has 24 heavy (non-hydrogen) atoms. The van der Waals surface area contributed by atoms with E-state index in [9.17, 15) is 14.4 Å². The topological polar surface area (TPSA) is 99.1 Å². The molecule has 0 aliphatic rings. The van der Waals surface area contributed by atoms with Crippen molar-refractivity contribution in [3.63, 3.8) is 0 Å². The number of carboxylic acid groups (broad SMARTS) is 1. The molecule has 2 heterocycles. The van der Waals surface area contributed by atoms with Crippen molar-refractivity contribution in [2.45, 2.75) is 0 Å². The van der Waals surface area contributed by atoms with Gasteiger partial charge >= 0.3 is 41.2 Å². The van der Waals surface area contributed by atoms with Gasteiger partial charge in [0, 0.05) is 21.1 Å². The average molecular weight is 340 g/mol. The van der Waals surface area contributed by atoms with Crippen molar-refractivity contribution in [3.05, 3.63) is 63.1 Å². The van der Waals surface area contributed by atoms with Crippen molar-refractivity contribution in [1.29, 1.82) is 0 Å². The van der Waals surface area contributed by atoms with Gasteiger partial charge in [0.1, 0.15) is 0 Å². The number of fused-ring (bicyclic) bond motifs is 1. The van der Waals surface area contributed by atoms with Crippen molar-refractivity contribution in [2.24, 2.45) is 21.1 Å². The van der Waals surface area contributed by atoms with E-state index in [0.29, 0.717) is 16.7 Å². The van der Waals surface area contributed by atoms with Gasteiger partial charge in [0.05, 0.1) is 11.9 Å². The summed E-state index contributed by atoms with van der Waals surface area (Å²) < 4.78 is 4.04. The zero-order valence-electron chi connectivity index (χ0n) is 14.9. The molecular formula is C15H17N4NaO4. The largest absolute Gasteiger partial charge is 1.00 e. The van der Waals surface area contributed by atoms with Gasteiger partial charge in [-0.15, -0.1) is 0 Å². The summed E-state index contributed by atoms with van der Waals surface area (Å²) in [7, 11) is 4.77. The van der Waals surface area contributed by atoms with Gasteiger partial charge in [0.25, 0.3) is 5.56 Å². The van der Waals surface area contributed by atoms with Crippen molar-refractivity contribution >= 4 is 17.1 Å². The average Bonchev–Trinajstić information content (AvgIpc) is 2.94. The van der Waals surface area contributed by atoms with E-state index in [4.69, 9.17) is 5.11 Å². The van der Waals surface area contributed by atoms with E-state index in [1.54, 1.807) is 49.0 Å². The number of benzene rings is 1. The van der Waals surface area contributed by atoms with Crippen LogP contribution in [0.1, 0.15) is 11.8 Å².